The lowest BCUT2D eigenvalue weighted by Gasteiger charge is -2.13. The van der Waals surface area contributed by atoms with Gasteiger partial charge in [-0.1, -0.05) is 54.7 Å². The smallest absolute Gasteiger partial charge is 0.189 e. The molecule has 0 spiro atoms. The van der Waals surface area contributed by atoms with E-state index in [1.54, 1.807) is 11.3 Å². The number of hydrogen-bond donors (Lipinski definition) is 2. The van der Waals surface area contributed by atoms with Gasteiger partial charge in [-0.2, -0.15) is 0 Å². The van der Waals surface area contributed by atoms with Crippen LogP contribution in [-0.2, 0) is 19.3 Å². The highest BCUT2D eigenvalue weighted by molar-refractivity contribution is 7.16. The molecule has 1 aliphatic heterocycles. The zero-order chi connectivity index (χ0) is 22.6. The summed E-state index contributed by atoms with van der Waals surface area (Å²) in [5.41, 5.74) is 11.4. The van der Waals surface area contributed by atoms with E-state index in [2.05, 4.69) is 70.7 Å². The van der Waals surface area contributed by atoms with Crippen LogP contribution < -0.4 is 11.1 Å². The summed E-state index contributed by atoms with van der Waals surface area (Å²) in [4.78, 5) is 8.34. The molecule has 2 heterocycles. The standard InChI is InChI=1S/C28H36N4S/c1-2-20-6-5-7-22(16-20)18-26-27(29)31-28(33-26)30-25-10-8-21(9-11-25)17-24-19-23(24)12-15-32-13-3-4-14-32/h5-11,16,23-24H,2-4,12-15,17-19,29H2,1H3,(H,30,31). The first-order valence-corrected chi connectivity index (χ1v) is 13.4. The van der Waals surface area contributed by atoms with Crippen molar-refractivity contribution in [2.45, 2.75) is 51.9 Å². The summed E-state index contributed by atoms with van der Waals surface area (Å²) in [7, 11) is 0. The van der Waals surface area contributed by atoms with E-state index < -0.39 is 0 Å². The van der Waals surface area contributed by atoms with Gasteiger partial charge in [-0.15, -0.1) is 0 Å². The third kappa shape index (κ3) is 5.96. The van der Waals surface area contributed by atoms with Crippen molar-refractivity contribution >= 4 is 28.0 Å². The maximum absolute atomic E-state index is 6.23. The van der Waals surface area contributed by atoms with E-state index >= 15 is 0 Å². The van der Waals surface area contributed by atoms with Crippen LogP contribution in [-0.4, -0.2) is 29.5 Å². The average Bonchev–Trinajstić information content (AvgIpc) is 3.18. The minimum atomic E-state index is 0.634. The van der Waals surface area contributed by atoms with Gasteiger partial charge in [0.2, 0.25) is 0 Å². The Morgan fingerprint density at radius 3 is 2.61 bits per heavy atom. The third-order valence-corrected chi connectivity index (χ3v) is 8.27. The van der Waals surface area contributed by atoms with Crippen LogP contribution in [0.3, 0.4) is 0 Å². The Morgan fingerprint density at radius 2 is 1.82 bits per heavy atom. The molecule has 5 heteroatoms. The number of nitrogens with one attached hydrogen (secondary N) is 1. The molecule has 2 unspecified atom stereocenters. The highest BCUT2D eigenvalue weighted by Gasteiger charge is 2.36. The molecular formula is C28H36N4S. The number of likely N-dealkylation sites (tertiary alicyclic amines) is 1. The number of nitrogens with zero attached hydrogens (tertiary/aromatic N) is 2. The molecule has 1 aromatic heterocycles. The van der Waals surface area contributed by atoms with Crippen LogP contribution >= 0.6 is 11.3 Å². The lowest BCUT2D eigenvalue weighted by molar-refractivity contribution is 0.323. The van der Waals surface area contributed by atoms with Crippen LogP contribution in [0.4, 0.5) is 16.6 Å². The second kappa shape index (κ2) is 10.3. The van der Waals surface area contributed by atoms with E-state index in [1.807, 2.05) is 0 Å². The summed E-state index contributed by atoms with van der Waals surface area (Å²) in [6, 6.07) is 17.6. The molecule has 2 atom stereocenters. The normalized spacial score (nSPS) is 20.3. The van der Waals surface area contributed by atoms with Crippen molar-refractivity contribution in [3.8, 4) is 0 Å². The number of hydrogen-bond acceptors (Lipinski definition) is 5. The topological polar surface area (TPSA) is 54.2 Å². The minimum Gasteiger partial charge on any atom is -0.383 e. The van der Waals surface area contributed by atoms with Crippen molar-refractivity contribution in [1.29, 1.82) is 0 Å². The van der Waals surface area contributed by atoms with Crippen LogP contribution in [0, 0.1) is 11.8 Å². The average molecular weight is 461 g/mol. The summed E-state index contributed by atoms with van der Waals surface area (Å²) >= 11 is 1.65. The van der Waals surface area contributed by atoms with E-state index in [0.717, 1.165) is 40.4 Å². The van der Waals surface area contributed by atoms with Crippen molar-refractivity contribution in [2.75, 3.05) is 30.7 Å². The number of rotatable bonds is 10. The molecule has 5 rings (SSSR count). The fraction of sp³-hybridized carbons (Fsp3) is 0.464. The number of benzene rings is 2. The van der Waals surface area contributed by atoms with E-state index in [9.17, 15) is 0 Å². The number of aryl methyl sites for hydroxylation is 1. The molecule has 1 aliphatic carbocycles. The summed E-state index contributed by atoms with van der Waals surface area (Å²) in [5, 5.41) is 4.32. The largest absolute Gasteiger partial charge is 0.383 e. The molecule has 2 aliphatic rings. The fourth-order valence-electron chi connectivity index (χ4n) is 5.11. The van der Waals surface area contributed by atoms with Gasteiger partial charge in [0.25, 0.3) is 0 Å². The Kier molecular flexibility index (Phi) is 6.98. The molecule has 0 radical (unpaired) electrons. The molecule has 2 fully saturated rings. The zero-order valence-corrected chi connectivity index (χ0v) is 20.5. The molecule has 174 valence electrons. The maximum Gasteiger partial charge on any atom is 0.189 e. The molecule has 1 saturated carbocycles. The first-order valence-electron chi connectivity index (χ1n) is 12.6. The van der Waals surface area contributed by atoms with Crippen molar-refractivity contribution in [3.63, 3.8) is 0 Å². The van der Waals surface area contributed by atoms with Gasteiger partial charge in [-0.05, 0) is 98.8 Å². The predicted molar refractivity (Wildman–Crippen MR) is 140 cm³/mol. The lowest BCUT2D eigenvalue weighted by Crippen LogP contribution is -2.20. The molecule has 0 amide bonds. The Hall–Kier alpha value is -2.37. The van der Waals surface area contributed by atoms with E-state index in [0.29, 0.717) is 5.82 Å². The fourth-order valence-corrected chi connectivity index (χ4v) is 6.04. The van der Waals surface area contributed by atoms with E-state index in [4.69, 9.17) is 5.73 Å². The highest BCUT2D eigenvalue weighted by Crippen LogP contribution is 2.44. The number of aromatic nitrogens is 1. The van der Waals surface area contributed by atoms with Crippen molar-refractivity contribution in [3.05, 3.63) is 70.1 Å². The number of nitrogen functional groups attached to an aromatic ring is 1. The summed E-state index contributed by atoms with van der Waals surface area (Å²) in [6.45, 7) is 6.15. The van der Waals surface area contributed by atoms with Crippen LogP contribution in [0.15, 0.2) is 48.5 Å². The van der Waals surface area contributed by atoms with Crippen LogP contribution in [0.5, 0.6) is 0 Å². The van der Waals surface area contributed by atoms with E-state index in [1.165, 1.54) is 68.4 Å². The molecule has 1 saturated heterocycles. The monoisotopic (exact) mass is 460 g/mol. The molecule has 4 nitrogen and oxygen atoms in total. The van der Waals surface area contributed by atoms with Gasteiger partial charge in [0.05, 0.1) is 4.88 Å². The van der Waals surface area contributed by atoms with Gasteiger partial charge in [-0.25, -0.2) is 4.98 Å². The second-order valence-electron chi connectivity index (χ2n) is 9.80. The van der Waals surface area contributed by atoms with Crippen molar-refractivity contribution < 1.29 is 0 Å². The molecule has 2 aromatic carbocycles. The summed E-state index contributed by atoms with van der Waals surface area (Å²) in [6.07, 6.45) is 8.70. The van der Waals surface area contributed by atoms with Gasteiger partial charge in [0, 0.05) is 12.1 Å². The Balaban J connectivity index is 1.12. The Morgan fingerprint density at radius 1 is 1.03 bits per heavy atom. The lowest BCUT2D eigenvalue weighted by atomic mass is 10.1. The van der Waals surface area contributed by atoms with Gasteiger partial charge in [0.15, 0.2) is 5.13 Å². The Bertz CT molecular complexity index is 1050. The predicted octanol–water partition coefficient (Wildman–Crippen LogP) is 6.29. The summed E-state index contributed by atoms with van der Waals surface area (Å²) in [5.74, 6) is 2.46. The maximum atomic E-state index is 6.23. The quantitative estimate of drug-likeness (QED) is 0.373. The van der Waals surface area contributed by atoms with Gasteiger partial charge < -0.3 is 16.0 Å². The first kappa shape index (κ1) is 22.4. The van der Waals surface area contributed by atoms with Crippen molar-refractivity contribution in [1.82, 2.24) is 9.88 Å². The Labute approximate surface area is 202 Å². The molecule has 33 heavy (non-hydrogen) atoms. The third-order valence-electron chi connectivity index (χ3n) is 7.28. The molecular weight excluding hydrogens is 424 g/mol. The molecule has 0 bridgehead atoms. The summed E-state index contributed by atoms with van der Waals surface area (Å²) < 4.78 is 0. The minimum absolute atomic E-state index is 0.634. The van der Waals surface area contributed by atoms with Crippen LogP contribution in [0.25, 0.3) is 0 Å². The van der Waals surface area contributed by atoms with Gasteiger partial charge in [-0.3, -0.25) is 0 Å². The zero-order valence-electron chi connectivity index (χ0n) is 19.7. The number of nitrogens with two attached hydrogens (primary N) is 1. The number of anilines is 3. The van der Waals surface area contributed by atoms with Gasteiger partial charge in [0.1, 0.15) is 5.82 Å². The van der Waals surface area contributed by atoms with Crippen LogP contribution in [0.1, 0.15) is 54.2 Å². The van der Waals surface area contributed by atoms with Crippen LogP contribution in [0.2, 0.25) is 0 Å². The van der Waals surface area contributed by atoms with Gasteiger partial charge >= 0.3 is 0 Å². The molecule has 3 aromatic rings. The molecule has 3 N–H and O–H groups in total. The first-order chi connectivity index (χ1) is 16.2. The second-order valence-corrected chi connectivity index (χ2v) is 10.9. The van der Waals surface area contributed by atoms with E-state index in [-0.39, 0.29) is 0 Å². The van der Waals surface area contributed by atoms with Crippen molar-refractivity contribution in [2.24, 2.45) is 11.8 Å². The highest BCUT2D eigenvalue weighted by atomic mass is 32.1. The number of thiazole rings is 1. The SMILES string of the molecule is CCc1cccc(Cc2sc(Nc3ccc(CC4CC4CCN4CCCC4)cc3)nc2N)c1.